The quantitative estimate of drug-likeness (QED) is 0.221. The Labute approximate surface area is 254 Å². The second kappa shape index (κ2) is 11.2. The molecule has 0 saturated carbocycles. The first-order valence-corrected chi connectivity index (χ1v) is 15.3. The monoisotopic (exact) mass is 634 g/mol. The molecule has 2 aliphatic heterocycles. The highest BCUT2D eigenvalue weighted by Gasteiger charge is 2.43. The zero-order valence-electron chi connectivity index (χ0n) is 22.8. The summed E-state index contributed by atoms with van der Waals surface area (Å²) in [5.74, 6) is 2.87. The Kier molecular flexibility index (Phi) is 7.64. The van der Waals surface area contributed by atoms with Gasteiger partial charge in [0.15, 0.2) is 5.11 Å². The highest BCUT2D eigenvalue weighted by atomic mass is 79.9. The average Bonchev–Trinajstić information content (AvgIpc) is 3.53. The Morgan fingerprint density at radius 1 is 1.02 bits per heavy atom. The van der Waals surface area contributed by atoms with Crippen molar-refractivity contribution in [2.24, 2.45) is 11.8 Å². The molecule has 5 nitrogen and oxygen atoms in total. The first-order valence-electron chi connectivity index (χ1n) is 13.7. The van der Waals surface area contributed by atoms with Crippen LogP contribution in [-0.2, 0) is 0 Å². The van der Waals surface area contributed by atoms with Gasteiger partial charge in [-0.15, -0.1) is 0 Å². The van der Waals surface area contributed by atoms with Crippen LogP contribution >= 0.6 is 39.7 Å². The molecule has 0 aliphatic carbocycles. The number of nitrogens with zero attached hydrogens (tertiary/aromatic N) is 3. The van der Waals surface area contributed by atoms with E-state index in [-0.39, 0.29) is 12.1 Å². The molecule has 4 heterocycles. The molecule has 4 atom stereocenters. The van der Waals surface area contributed by atoms with Gasteiger partial charge in [-0.25, -0.2) is 0 Å². The topological polar surface area (TPSA) is 44.5 Å². The van der Waals surface area contributed by atoms with E-state index in [4.69, 9.17) is 28.2 Å². The Bertz CT molecular complexity index is 1530. The molecule has 2 saturated heterocycles. The molecular weight excluding hydrogens is 604 g/mol. The molecule has 4 aromatic rings. The lowest BCUT2D eigenvalue weighted by Gasteiger charge is -2.37. The lowest BCUT2D eigenvalue weighted by Crippen LogP contribution is -2.38. The summed E-state index contributed by atoms with van der Waals surface area (Å²) in [6.45, 7) is 8.73. The summed E-state index contributed by atoms with van der Waals surface area (Å²) in [7, 11) is 0. The van der Waals surface area contributed by atoms with Crippen LogP contribution in [0.25, 0.3) is 11.3 Å². The van der Waals surface area contributed by atoms with E-state index >= 15 is 0 Å². The van der Waals surface area contributed by atoms with E-state index in [1.165, 1.54) is 12.0 Å². The summed E-state index contributed by atoms with van der Waals surface area (Å²) in [5.41, 5.74) is 5.07. The van der Waals surface area contributed by atoms with Crippen LogP contribution in [0.5, 0.6) is 0 Å². The van der Waals surface area contributed by atoms with Crippen molar-refractivity contribution >= 4 is 56.2 Å². The van der Waals surface area contributed by atoms with Crippen molar-refractivity contribution in [1.82, 2.24) is 10.3 Å². The molecule has 206 valence electrons. The van der Waals surface area contributed by atoms with Gasteiger partial charge >= 0.3 is 0 Å². The molecule has 6 rings (SSSR count). The third-order valence-corrected chi connectivity index (χ3v) is 9.10. The van der Waals surface area contributed by atoms with Crippen molar-refractivity contribution < 1.29 is 4.42 Å². The van der Waals surface area contributed by atoms with Crippen molar-refractivity contribution in [3.05, 3.63) is 99.4 Å². The number of nitrogens with one attached hydrogen (secondary N) is 1. The first-order chi connectivity index (χ1) is 19.3. The smallest absolute Gasteiger partial charge is 0.174 e. The zero-order valence-corrected chi connectivity index (χ0v) is 25.9. The summed E-state index contributed by atoms with van der Waals surface area (Å²) in [4.78, 5) is 9.19. The summed E-state index contributed by atoms with van der Waals surface area (Å²) >= 11 is 16.6. The van der Waals surface area contributed by atoms with E-state index in [9.17, 15) is 0 Å². The average molecular weight is 636 g/mol. The summed E-state index contributed by atoms with van der Waals surface area (Å²) in [6, 6.07) is 22.1. The largest absolute Gasteiger partial charge is 0.459 e. The van der Waals surface area contributed by atoms with Gasteiger partial charge in [-0.05, 0) is 97.6 Å². The molecule has 0 amide bonds. The van der Waals surface area contributed by atoms with E-state index in [0.29, 0.717) is 16.9 Å². The fourth-order valence-electron chi connectivity index (χ4n) is 6.16. The predicted octanol–water partition coefficient (Wildman–Crippen LogP) is 8.73. The van der Waals surface area contributed by atoms with Crippen molar-refractivity contribution in [3.63, 3.8) is 0 Å². The standard InChI is InChI=1S/C32H32BrClN4OS/c1-19-7-9-23(24(33)15-19)28-11-12-29(39-28)31-30(26-6-4-5-13-35-26)36-32(40)38(31)22-8-10-27(25(34)16-22)37-17-20(2)14-21(3)18-37/h4-13,15-16,20-21,30-31H,14,17-18H2,1-3H3,(H,36,40). The SMILES string of the molecule is Cc1ccc(-c2ccc(C3C(c4ccccn4)NC(=S)N3c3ccc(N4CC(C)CC(C)C4)c(Cl)c3)o2)c(Br)c1. The molecule has 0 bridgehead atoms. The van der Waals surface area contributed by atoms with Crippen LogP contribution in [-0.4, -0.2) is 23.2 Å². The fraction of sp³-hybridized carbons (Fsp3) is 0.312. The number of anilines is 2. The molecule has 4 unspecified atom stereocenters. The van der Waals surface area contributed by atoms with E-state index in [2.05, 4.69) is 87.1 Å². The number of rotatable bonds is 5. The minimum absolute atomic E-state index is 0.198. The molecule has 2 aromatic carbocycles. The van der Waals surface area contributed by atoms with Crippen molar-refractivity contribution in [2.45, 2.75) is 39.3 Å². The van der Waals surface area contributed by atoms with E-state index in [1.54, 1.807) is 0 Å². The highest BCUT2D eigenvalue weighted by molar-refractivity contribution is 9.10. The fourth-order valence-corrected chi connectivity index (χ4v) is 7.49. The second-order valence-electron chi connectivity index (χ2n) is 11.2. The molecular formula is C32H32BrClN4OS. The zero-order chi connectivity index (χ0) is 28.0. The Balaban J connectivity index is 1.39. The molecule has 0 radical (unpaired) electrons. The second-order valence-corrected chi connectivity index (χ2v) is 12.8. The van der Waals surface area contributed by atoms with Gasteiger partial charge in [0.2, 0.25) is 0 Å². The molecule has 0 spiro atoms. The Hall–Kier alpha value is -2.87. The van der Waals surface area contributed by atoms with Gasteiger partial charge in [0, 0.05) is 35.0 Å². The molecule has 2 fully saturated rings. The molecule has 1 N–H and O–H groups in total. The van der Waals surface area contributed by atoms with Crippen LogP contribution < -0.4 is 15.1 Å². The van der Waals surface area contributed by atoms with Crippen LogP contribution in [0.4, 0.5) is 11.4 Å². The molecule has 40 heavy (non-hydrogen) atoms. The van der Waals surface area contributed by atoms with Crippen molar-refractivity contribution in [2.75, 3.05) is 22.9 Å². The lowest BCUT2D eigenvalue weighted by molar-refractivity contribution is 0.357. The van der Waals surface area contributed by atoms with Crippen LogP contribution in [0.1, 0.15) is 49.4 Å². The summed E-state index contributed by atoms with van der Waals surface area (Å²) in [5, 5.41) is 4.85. The minimum atomic E-state index is -0.252. The van der Waals surface area contributed by atoms with Crippen LogP contribution in [0.15, 0.2) is 81.8 Å². The van der Waals surface area contributed by atoms with Crippen molar-refractivity contribution in [1.29, 1.82) is 0 Å². The number of furan rings is 1. The van der Waals surface area contributed by atoms with Gasteiger partial charge in [-0.2, -0.15) is 0 Å². The Morgan fingerprint density at radius 3 is 2.52 bits per heavy atom. The van der Waals surface area contributed by atoms with E-state index in [1.807, 2.05) is 42.6 Å². The van der Waals surface area contributed by atoms with Gasteiger partial charge in [0.25, 0.3) is 0 Å². The normalized spacial score (nSPS) is 23.0. The van der Waals surface area contributed by atoms with E-state index in [0.717, 1.165) is 56.7 Å². The van der Waals surface area contributed by atoms with Crippen molar-refractivity contribution in [3.8, 4) is 11.3 Å². The van der Waals surface area contributed by atoms with Crippen LogP contribution in [0.3, 0.4) is 0 Å². The number of benzene rings is 2. The highest BCUT2D eigenvalue weighted by Crippen LogP contribution is 2.45. The van der Waals surface area contributed by atoms with E-state index < -0.39 is 0 Å². The van der Waals surface area contributed by atoms with Crippen LogP contribution in [0.2, 0.25) is 5.02 Å². The number of pyridine rings is 1. The van der Waals surface area contributed by atoms with Gasteiger partial charge in [0.05, 0.1) is 22.4 Å². The maximum atomic E-state index is 6.97. The number of aryl methyl sites for hydroxylation is 1. The van der Waals surface area contributed by atoms with Gasteiger partial charge in [-0.1, -0.05) is 53.5 Å². The van der Waals surface area contributed by atoms with Gasteiger partial charge in [0.1, 0.15) is 17.6 Å². The number of hydrogen-bond donors (Lipinski definition) is 1. The maximum Gasteiger partial charge on any atom is 0.174 e. The summed E-state index contributed by atoms with van der Waals surface area (Å²) in [6.07, 6.45) is 3.06. The molecule has 8 heteroatoms. The maximum absolute atomic E-state index is 6.97. The summed E-state index contributed by atoms with van der Waals surface area (Å²) < 4.78 is 7.55. The van der Waals surface area contributed by atoms with Crippen LogP contribution in [0, 0.1) is 18.8 Å². The third-order valence-electron chi connectivity index (χ3n) is 7.83. The number of aromatic nitrogens is 1. The number of thiocarbonyl (C=S) groups is 1. The Morgan fingerprint density at radius 2 is 1.82 bits per heavy atom. The predicted molar refractivity (Wildman–Crippen MR) is 171 cm³/mol. The minimum Gasteiger partial charge on any atom is -0.459 e. The lowest BCUT2D eigenvalue weighted by atomic mass is 9.91. The number of hydrogen-bond acceptors (Lipinski definition) is 4. The number of halogens is 2. The van der Waals surface area contributed by atoms with Gasteiger partial charge in [-0.3, -0.25) is 4.98 Å². The molecule has 2 aliphatic rings. The first kappa shape index (κ1) is 27.3. The van der Waals surface area contributed by atoms with Gasteiger partial charge < -0.3 is 19.5 Å². The number of piperidine rings is 1. The molecule has 2 aromatic heterocycles. The third kappa shape index (κ3) is 5.27.